The number of esters is 1. The Morgan fingerprint density at radius 2 is 1.94 bits per heavy atom. The molecule has 0 radical (unpaired) electrons. The van der Waals surface area contributed by atoms with Crippen LogP contribution in [-0.4, -0.2) is 43.1 Å². The van der Waals surface area contributed by atoms with Gasteiger partial charge in [0.1, 0.15) is 11.2 Å². The summed E-state index contributed by atoms with van der Waals surface area (Å²) in [6, 6.07) is 13.8. The predicted octanol–water partition coefficient (Wildman–Crippen LogP) is 3.42. The standard InChI is InChI=1S/C22H21N5O3S/c1-15-12-18(16(2)26(15)10-8-17-6-4-3-5-7-17)20(28)13-30-22(29)21-19(9-11-31-21)27-14-23-24-25-27/h3-7,9,11-12,14H,8,10,13H2,1-2H3. The van der Waals surface area contributed by atoms with Crippen molar-refractivity contribution in [2.24, 2.45) is 0 Å². The number of benzene rings is 1. The topological polar surface area (TPSA) is 91.9 Å². The second-order valence-electron chi connectivity index (χ2n) is 7.06. The molecule has 0 atom stereocenters. The Labute approximate surface area is 183 Å². The fourth-order valence-electron chi connectivity index (χ4n) is 3.49. The van der Waals surface area contributed by atoms with Gasteiger partial charge in [-0.2, -0.15) is 4.68 Å². The van der Waals surface area contributed by atoms with Gasteiger partial charge < -0.3 is 9.30 Å². The molecule has 158 valence electrons. The number of hydrogen-bond donors (Lipinski definition) is 0. The molecule has 0 saturated heterocycles. The van der Waals surface area contributed by atoms with Gasteiger partial charge in [-0.15, -0.1) is 16.4 Å². The third kappa shape index (κ3) is 4.46. The van der Waals surface area contributed by atoms with Crippen molar-refractivity contribution in [3.8, 4) is 5.69 Å². The fourth-order valence-corrected chi connectivity index (χ4v) is 4.27. The fraction of sp³-hybridized carbons (Fsp3) is 0.227. The first kappa shape index (κ1) is 20.7. The number of Topliss-reactive ketones (excluding diaryl/α,β-unsaturated/α-hetero) is 1. The lowest BCUT2D eigenvalue weighted by atomic mass is 10.1. The Balaban J connectivity index is 1.41. The van der Waals surface area contributed by atoms with E-state index in [0.717, 1.165) is 24.4 Å². The maximum Gasteiger partial charge on any atom is 0.351 e. The summed E-state index contributed by atoms with van der Waals surface area (Å²) in [4.78, 5) is 25.6. The first-order valence-corrected chi connectivity index (χ1v) is 10.6. The van der Waals surface area contributed by atoms with Gasteiger partial charge in [-0.3, -0.25) is 4.79 Å². The average molecular weight is 436 g/mol. The Kier molecular flexibility index (Phi) is 6.03. The number of nitrogens with zero attached hydrogens (tertiary/aromatic N) is 5. The maximum absolute atomic E-state index is 12.8. The van der Waals surface area contributed by atoms with Crippen molar-refractivity contribution in [1.29, 1.82) is 0 Å². The zero-order chi connectivity index (χ0) is 21.8. The molecule has 0 aliphatic carbocycles. The van der Waals surface area contributed by atoms with E-state index in [1.807, 2.05) is 38.1 Å². The summed E-state index contributed by atoms with van der Waals surface area (Å²) in [5.74, 6) is -0.806. The zero-order valence-corrected chi connectivity index (χ0v) is 18.0. The molecule has 0 fully saturated rings. The minimum Gasteiger partial charge on any atom is -0.453 e. The van der Waals surface area contributed by atoms with E-state index in [0.29, 0.717) is 16.1 Å². The maximum atomic E-state index is 12.8. The molecular weight excluding hydrogens is 414 g/mol. The Bertz CT molecular complexity index is 1200. The largest absolute Gasteiger partial charge is 0.453 e. The molecule has 3 heterocycles. The smallest absolute Gasteiger partial charge is 0.351 e. The molecule has 4 rings (SSSR count). The van der Waals surface area contributed by atoms with Gasteiger partial charge in [0.2, 0.25) is 5.78 Å². The van der Waals surface area contributed by atoms with E-state index in [1.165, 1.54) is 27.9 Å². The van der Waals surface area contributed by atoms with Crippen LogP contribution < -0.4 is 0 Å². The summed E-state index contributed by atoms with van der Waals surface area (Å²) in [5, 5.41) is 12.7. The second kappa shape index (κ2) is 9.05. The van der Waals surface area contributed by atoms with Gasteiger partial charge in [0.05, 0.1) is 5.69 Å². The molecule has 4 aromatic rings. The number of ketones is 1. The third-order valence-electron chi connectivity index (χ3n) is 5.10. The summed E-state index contributed by atoms with van der Waals surface area (Å²) in [7, 11) is 0. The number of ether oxygens (including phenoxy) is 1. The van der Waals surface area contributed by atoms with Gasteiger partial charge in [0.15, 0.2) is 6.61 Å². The second-order valence-corrected chi connectivity index (χ2v) is 7.98. The highest BCUT2D eigenvalue weighted by atomic mass is 32.1. The van der Waals surface area contributed by atoms with E-state index in [1.54, 1.807) is 11.4 Å². The van der Waals surface area contributed by atoms with Crippen molar-refractivity contribution in [3.63, 3.8) is 0 Å². The highest BCUT2D eigenvalue weighted by Gasteiger charge is 2.21. The molecule has 0 N–H and O–H groups in total. The van der Waals surface area contributed by atoms with Crippen LogP contribution in [0.3, 0.4) is 0 Å². The first-order chi connectivity index (χ1) is 15.0. The van der Waals surface area contributed by atoms with Crippen LogP contribution in [0.2, 0.25) is 0 Å². The van der Waals surface area contributed by atoms with Crippen LogP contribution in [0.1, 0.15) is 37.0 Å². The molecular formula is C22H21N5O3S. The Hall–Kier alpha value is -3.59. The quantitative estimate of drug-likeness (QED) is 0.311. The number of aryl methyl sites for hydroxylation is 2. The van der Waals surface area contributed by atoms with Gasteiger partial charge >= 0.3 is 5.97 Å². The van der Waals surface area contributed by atoms with Gasteiger partial charge in [-0.05, 0) is 53.8 Å². The predicted molar refractivity (Wildman–Crippen MR) is 116 cm³/mol. The van der Waals surface area contributed by atoms with Gasteiger partial charge in [0.25, 0.3) is 0 Å². The third-order valence-corrected chi connectivity index (χ3v) is 5.98. The molecule has 8 nitrogen and oxygen atoms in total. The van der Waals surface area contributed by atoms with Crippen molar-refractivity contribution < 1.29 is 14.3 Å². The van der Waals surface area contributed by atoms with Gasteiger partial charge in [0, 0.05) is 23.5 Å². The van der Waals surface area contributed by atoms with Crippen LogP contribution in [0, 0.1) is 13.8 Å². The number of aromatic nitrogens is 5. The number of carbonyl (C=O) groups is 2. The first-order valence-electron chi connectivity index (χ1n) is 9.76. The molecule has 31 heavy (non-hydrogen) atoms. The average Bonchev–Trinajstić information content (AvgIpc) is 3.52. The molecule has 0 aliphatic heterocycles. The van der Waals surface area contributed by atoms with Crippen LogP contribution in [0.15, 0.2) is 54.2 Å². The Morgan fingerprint density at radius 3 is 2.68 bits per heavy atom. The van der Waals surface area contributed by atoms with Crippen LogP contribution in [-0.2, 0) is 17.7 Å². The molecule has 3 aromatic heterocycles. The lowest BCUT2D eigenvalue weighted by Crippen LogP contribution is -2.16. The lowest BCUT2D eigenvalue weighted by Gasteiger charge is -2.10. The van der Waals surface area contributed by atoms with Crippen LogP contribution in [0.4, 0.5) is 0 Å². The molecule has 0 unspecified atom stereocenters. The highest BCUT2D eigenvalue weighted by Crippen LogP contribution is 2.22. The van der Waals surface area contributed by atoms with E-state index in [4.69, 9.17) is 4.74 Å². The van der Waals surface area contributed by atoms with E-state index in [2.05, 4.69) is 32.2 Å². The summed E-state index contributed by atoms with van der Waals surface area (Å²) in [5.41, 5.74) is 4.21. The van der Waals surface area contributed by atoms with Crippen LogP contribution in [0.25, 0.3) is 5.69 Å². The minimum atomic E-state index is -0.577. The SMILES string of the molecule is Cc1cc(C(=O)COC(=O)c2sccc2-n2cnnn2)c(C)n1CCc1ccccc1. The van der Waals surface area contributed by atoms with Crippen LogP contribution in [0.5, 0.6) is 0 Å². The van der Waals surface area contributed by atoms with Crippen molar-refractivity contribution in [2.45, 2.75) is 26.8 Å². The monoisotopic (exact) mass is 435 g/mol. The van der Waals surface area contributed by atoms with Crippen molar-refractivity contribution >= 4 is 23.1 Å². The number of thiophene rings is 1. The number of carbonyl (C=O) groups excluding carboxylic acids is 2. The van der Waals surface area contributed by atoms with Crippen molar-refractivity contribution in [1.82, 2.24) is 24.8 Å². The number of hydrogen-bond acceptors (Lipinski definition) is 7. The highest BCUT2D eigenvalue weighted by molar-refractivity contribution is 7.12. The lowest BCUT2D eigenvalue weighted by molar-refractivity contribution is 0.0479. The number of tetrazole rings is 1. The van der Waals surface area contributed by atoms with Crippen molar-refractivity contribution in [3.05, 3.63) is 81.6 Å². The van der Waals surface area contributed by atoms with Gasteiger partial charge in [-0.25, -0.2) is 4.79 Å². The van der Waals surface area contributed by atoms with E-state index < -0.39 is 5.97 Å². The molecule has 0 saturated carbocycles. The van der Waals surface area contributed by atoms with Crippen molar-refractivity contribution in [2.75, 3.05) is 6.61 Å². The summed E-state index contributed by atoms with van der Waals surface area (Å²) < 4.78 is 8.81. The summed E-state index contributed by atoms with van der Waals surface area (Å²) >= 11 is 1.21. The minimum absolute atomic E-state index is 0.229. The van der Waals surface area contributed by atoms with Crippen LogP contribution >= 0.6 is 11.3 Å². The zero-order valence-electron chi connectivity index (χ0n) is 17.2. The van der Waals surface area contributed by atoms with E-state index >= 15 is 0 Å². The summed E-state index contributed by atoms with van der Waals surface area (Å²) in [6.45, 7) is 4.35. The molecule has 0 bridgehead atoms. The molecule has 0 amide bonds. The van der Waals surface area contributed by atoms with E-state index in [9.17, 15) is 9.59 Å². The molecule has 0 aliphatic rings. The Morgan fingerprint density at radius 1 is 1.13 bits per heavy atom. The molecule has 9 heteroatoms. The molecule has 0 spiro atoms. The molecule has 1 aromatic carbocycles. The van der Waals surface area contributed by atoms with E-state index in [-0.39, 0.29) is 12.4 Å². The summed E-state index contributed by atoms with van der Waals surface area (Å²) in [6.07, 6.45) is 2.27. The normalized spacial score (nSPS) is 10.9. The van der Waals surface area contributed by atoms with Gasteiger partial charge in [-0.1, -0.05) is 30.3 Å². The number of rotatable bonds is 8.